The Balaban J connectivity index is 1.47. The molecule has 0 unspecified atom stereocenters. The Morgan fingerprint density at radius 3 is 1.85 bits per heavy atom. The molecule has 0 aromatic heterocycles. The van der Waals surface area contributed by atoms with Crippen LogP contribution in [0, 0.1) is 0 Å². The minimum atomic E-state index is -3.92. The highest BCUT2D eigenvalue weighted by Gasteiger charge is 2.29. The van der Waals surface area contributed by atoms with E-state index in [4.69, 9.17) is 5.73 Å². The lowest BCUT2D eigenvalue weighted by atomic mass is 10.0. The van der Waals surface area contributed by atoms with Crippen LogP contribution < -0.4 is 21.1 Å². The molecular formula is C29H28N4O6S. The van der Waals surface area contributed by atoms with E-state index in [2.05, 4.69) is 10.6 Å². The Labute approximate surface area is 231 Å². The van der Waals surface area contributed by atoms with Gasteiger partial charge in [-0.25, -0.2) is 13.1 Å². The molecule has 10 nitrogen and oxygen atoms in total. The Morgan fingerprint density at radius 2 is 1.30 bits per heavy atom. The van der Waals surface area contributed by atoms with E-state index in [0.29, 0.717) is 11.1 Å². The molecule has 2 atom stereocenters. The van der Waals surface area contributed by atoms with Gasteiger partial charge in [0.15, 0.2) is 0 Å². The first-order chi connectivity index (χ1) is 19.1. The highest BCUT2D eigenvalue weighted by Crippen LogP contribution is 2.24. The number of rotatable bonds is 11. The molecule has 1 heterocycles. The first kappa shape index (κ1) is 28.2. The zero-order valence-electron chi connectivity index (χ0n) is 21.4. The van der Waals surface area contributed by atoms with Crippen molar-refractivity contribution in [2.75, 3.05) is 0 Å². The number of hydrogen-bond acceptors (Lipinski definition) is 6. The van der Waals surface area contributed by atoms with Crippen LogP contribution in [0.25, 0.3) is 4.91 Å². The van der Waals surface area contributed by atoms with Crippen molar-refractivity contribution in [1.82, 2.24) is 15.4 Å². The lowest BCUT2D eigenvalue weighted by Gasteiger charge is -2.22. The number of amides is 4. The molecule has 3 aromatic carbocycles. The summed E-state index contributed by atoms with van der Waals surface area (Å²) in [7, 11) is -3.92. The molecule has 40 heavy (non-hydrogen) atoms. The van der Waals surface area contributed by atoms with Gasteiger partial charge in [0.1, 0.15) is 17.0 Å². The van der Waals surface area contributed by atoms with E-state index in [-0.39, 0.29) is 30.1 Å². The average Bonchev–Trinajstić information content (AvgIpc) is 3.20. The third kappa shape index (κ3) is 7.41. The van der Waals surface area contributed by atoms with Crippen molar-refractivity contribution < 1.29 is 27.6 Å². The van der Waals surface area contributed by atoms with Crippen molar-refractivity contribution in [3.8, 4) is 0 Å². The molecule has 0 aliphatic carbocycles. The lowest BCUT2D eigenvalue weighted by Crippen LogP contribution is -2.54. The Kier molecular flexibility index (Phi) is 8.75. The molecule has 1 aliphatic rings. The topological polar surface area (TPSA) is 165 Å². The van der Waals surface area contributed by atoms with E-state index in [1.807, 2.05) is 65.4 Å². The third-order valence-electron chi connectivity index (χ3n) is 6.27. The molecule has 3 aromatic rings. The zero-order chi connectivity index (χ0) is 28.7. The molecule has 11 heteroatoms. The minimum Gasteiger partial charge on any atom is -0.368 e. The van der Waals surface area contributed by atoms with Crippen LogP contribution in [0.1, 0.15) is 22.3 Å². The molecule has 0 saturated heterocycles. The molecule has 0 fully saturated rings. The number of nitrogens with two attached hydrogens (primary N) is 1. The summed E-state index contributed by atoms with van der Waals surface area (Å²) in [5, 5.41) is 5.43. The summed E-state index contributed by atoms with van der Waals surface area (Å²) in [6, 6.07) is 22.4. The molecule has 0 spiro atoms. The van der Waals surface area contributed by atoms with Crippen molar-refractivity contribution in [1.29, 1.82) is 0 Å². The zero-order valence-corrected chi connectivity index (χ0v) is 22.2. The van der Waals surface area contributed by atoms with Crippen LogP contribution in [0.15, 0.2) is 91.0 Å². The minimum absolute atomic E-state index is 0.0281. The number of carbonyl (C=O) groups excluding carboxylic acids is 4. The van der Waals surface area contributed by atoms with Crippen molar-refractivity contribution >= 4 is 38.6 Å². The predicted octanol–water partition coefficient (Wildman–Crippen LogP) is 0.970. The summed E-state index contributed by atoms with van der Waals surface area (Å²) < 4.78 is 26.0. The fourth-order valence-corrected chi connectivity index (χ4v) is 5.42. The number of nitrogens with one attached hydrogen (secondary N) is 3. The summed E-state index contributed by atoms with van der Waals surface area (Å²) >= 11 is 0. The van der Waals surface area contributed by atoms with Gasteiger partial charge in [-0.1, -0.05) is 84.9 Å². The molecule has 4 amide bonds. The van der Waals surface area contributed by atoms with E-state index in [9.17, 15) is 27.6 Å². The quantitative estimate of drug-likeness (QED) is 0.273. The van der Waals surface area contributed by atoms with Gasteiger partial charge in [0.25, 0.3) is 15.9 Å². The van der Waals surface area contributed by atoms with Crippen molar-refractivity contribution in [3.63, 3.8) is 0 Å². The summed E-state index contributed by atoms with van der Waals surface area (Å²) in [5.74, 6) is -2.42. The van der Waals surface area contributed by atoms with Gasteiger partial charge in [-0.2, -0.15) is 0 Å². The molecular weight excluding hydrogens is 532 g/mol. The smallest absolute Gasteiger partial charge is 0.265 e. The standard InChI is InChI=1S/C29H28N4O6S/c30-28(36)23(15-21-11-13-22(14-12-21)25-18-27(35)33-40(25,38)39)32-29(37)24(16-19-7-3-1-4-8-19)31-26(34)17-20-9-5-2-6-10-20/h1-14,18,23-24H,15-17H2,(H2,30,36)(H,31,34)(H,32,37)(H,33,35)/t23-,24-/m0/s1. The van der Waals surface area contributed by atoms with Crippen LogP contribution in [0.2, 0.25) is 0 Å². The van der Waals surface area contributed by atoms with E-state index in [0.717, 1.165) is 17.2 Å². The van der Waals surface area contributed by atoms with Crippen molar-refractivity contribution in [3.05, 3.63) is 113 Å². The molecule has 5 N–H and O–H groups in total. The van der Waals surface area contributed by atoms with Crippen molar-refractivity contribution in [2.24, 2.45) is 5.73 Å². The van der Waals surface area contributed by atoms with E-state index < -0.39 is 39.8 Å². The van der Waals surface area contributed by atoms with Crippen LogP contribution in [0.5, 0.6) is 0 Å². The van der Waals surface area contributed by atoms with Gasteiger partial charge in [0, 0.05) is 18.9 Å². The second-order valence-corrected chi connectivity index (χ2v) is 11.0. The van der Waals surface area contributed by atoms with Gasteiger partial charge in [-0.3, -0.25) is 19.2 Å². The molecule has 0 bridgehead atoms. The van der Waals surface area contributed by atoms with Gasteiger partial charge >= 0.3 is 0 Å². The maximum atomic E-state index is 13.3. The first-order valence-electron chi connectivity index (χ1n) is 12.5. The van der Waals surface area contributed by atoms with Gasteiger partial charge in [-0.05, 0) is 22.3 Å². The van der Waals surface area contributed by atoms with Crippen LogP contribution in [-0.4, -0.2) is 44.1 Å². The fraction of sp³-hybridized carbons (Fsp3) is 0.172. The van der Waals surface area contributed by atoms with Crippen LogP contribution >= 0.6 is 0 Å². The lowest BCUT2D eigenvalue weighted by molar-refractivity contribution is -0.131. The number of benzene rings is 3. The number of carbonyl (C=O) groups is 4. The Morgan fingerprint density at radius 1 is 0.750 bits per heavy atom. The van der Waals surface area contributed by atoms with E-state index in [1.165, 1.54) is 12.1 Å². The van der Waals surface area contributed by atoms with Crippen molar-refractivity contribution in [2.45, 2.75) is 31.3 Å². The maximum Gasteiger partial charge on any atom is 0.265 e. The summed E-state index contributed by atoms with van der Waals surface area (Å²) in [6.45, 7) is 0. The fourth-order valence-electron chi connectivity index (χ4n) is 4.27. The molecule has 206 valence electrons. The van der Waals surface area contributed by atoms with E-state index >= 15 is 0 Å². The number of sulfonamides is 1. The first-order valence-corrected chi connectivity index (χ1v) is 13.9. The Bertz CT molecular complexity index is 1540. The second-order valence-electron chi connectivity index (χ2n) is 9.32. The molecule has 1 aliphatic heterocycles. The summed E-state index contributed by atoms with van der Waals surface area (Å²) in [5.41, 5.74) is 8.09. The monoisotopic (exact) mass is 560 g/mol. The van der Waals surface area contributed by atoms with Gasteiger partial charge < -0.3 is 16.4 Å². The maximum absolute atomic E-state index is 13.3. The third-order valence-corrected chi connectivity index (χ3v) is 7.67. The molecule has 0 saturated carbocycles. The van der Waals surface area contributed by atoms with Crippen LogP contribution in [0.4, 0.5) is 0 Å². The molecule has 0 radical (unpaired) electrons. The van der Waals surface area contributed by atoms with Gasteiger partial charge in [0.05, 0.1) is 6.42 Å². The average molecular weight is 561 g/mol. The number of primary amides is 1. The van der Waals surface area contributed by atoms with Gasteiger partial charge in [0.2, 0.25) is 17.7 Å². The highest BCUT2D eigenvalue weighted by molar-refractivity contribution is 7.99. The number of hydrogen-bond donors (Lipinski definition) is 4. The van der Waals surface area contributed by atoms with Crippen LogP contribution in [0.3, 0.4) is 0 Å². The highest BCUT2D eigenvalue weighted by atomic mass is 32.2. The largest absolute Gasteiger partial charge is 0.368 e. The summed E-state index contributed by atoms with van der Waals surface area (Å²) in [6.07, 6.45) is 1.30. The normalized spacial score (nSPS) is 15.3. The summed E-state index contributed by atoms with van der Waals surface area (Å²) in [4.78, 5) is 49.7. The van der Waals surface area contributed by atoms with E-state index in [1.54, 1.807) is 12.1 Å². The molecule has 4 rings (SSSR count). The second kappa shape index (κ2) is 12.4. The SMILES string of the molecule is NC(=O)[C@H](Cc1ccc(C2=CC(=O)NS2(=O)=O)cc1)NC(=O)[C@H](Cc1ccccc1)NC(=O)Cc1ccccc1. The predicted molar refractivity (Wildman–Crippen MR) is 149 cm³/mol. The van der Waals surface area contributed by atoms with Gasteiger partial charge in [-0.15, -0.1) is 0 Å². The Hall–Kier alpha value is -4.77. The van der Waals surface area contributed by atoms with Crippen LogP contribution in [-0.2, 0) is 48.5 Å².